The van der Waals surface area contributed by atoms with Crippen LogP contribution in [-0.2, 0) is 11.3 Å². The van der Waals surface area contributed by atoms with E-state index in [1.165, 1.54) is 12.8 Å². The van der Waals surface area contributed by atoms with Crippen molar-refractivity contribution in [1.29, 1.82) is 0 Å². The van der Waals surface area contributed by atoms with Gasteiger partial charge in [-0.25, -0.2) is 4.98 Å². The van der Waals surface area contributed by atoms with E-state index in [1.54, 1.807) is 13.2 Å². The van der Waals surface area contributed by atoms with Gasteiger partial charge in [0.2, 0.25) is 5.88 Å². The molecule has 1 aliphatic carbocycles. The van der Waals surface area contributed by atoms with Crippen molar-refractivity contribution in [3.63, 3.8) is 0 Å². The largest absolute Gasteiger partial charge is 0.477 e. The molecule has 1 aliphatic rings. The molecule has 2 N–H and O–H groups in total. The van der Waals surface area contributed by atoms with E-state index in [0.29, 0.717) is 12.4 Å². The van der Waals surface area contributed by atoms with Crippen LogP contribution in [0.2, 0.25) is 0 Å². The Morgan fingerprint density at radius 1 is 1.38 bits per heavy atom. The molecule has 2 rings (SSSR count). The van der Waals surface area contributed by atoms with Crippen LogP contribution in [0, 0.1) is 5.92 Å². The summed E-state index contributed by atoms with van der Waals surface area (Å²) in [6.45, 7) is 5.85. The summed E-state index contributed by atoms with van der Waals surface area (Å²) in [6.07, 6.45) is 5.32. The Balaban J connectivity index is 0.00000288. The molecule has 6 nitrogen and oxygen atoms in total. The molecular formula is C17H29IN4O2. The molecule has 1 saturated carbocycles. The summed E-state index contributed by atoms with van der Waals surface area (Å²) < 4.78 is 11.0. The minimum absolute atomic E-state index is 0. The molecule has 1 heterocycles. The molecular weight excluding hydrogens is 419 g/mol. The van der Waals surface area contributed by atoms with E-state index in [0.717, 1.165) is 50.2 Å². The average Bonchev–Trinajstić information content (AvgIpc) is 3.40. The van der Waals surface area contributed by atoms with Gasteiger partial charge in [0.15, 0.2) is 5.96 Å². The summed E-state index contributed by atoms with van der Waals surface area (Å²) >= 11 is 0. The third-order valence-corrected chi connectivity index (χ3v) is 3.61. The molecule has 1 aromatic rings. The smallest absolute Gasteiger partial charge is 0.213 e. The van der Waals surface area contributed by atoms with E-state index < -0.39 is 0 Å². The van der Waals surface area contributed by atoms with Crippen molar-refractivity contribution in [2.75, 3.05) is 33.4 Å². The Kier molecular flexibility index (Phi) is 10.7. The van der Waals surface area contributed by atoms with Gasteiger partial charge in [-0.1, -0.05) is 0 Å². The predicted octanol–water partition coefficient (Wildman–Crippen LogP) is 2.58. The molecule has 0 bridgehead atoms. The van der Waals surface area contributed by atoms with Crippen LogP contribution < -0.4 is 15.4 Å². The number of aromatic nitrogens is 1. The Labute approximate surface area is 161 Å². The molecule has 0 unspecified atom stereocenters. The number of nitrogens with zero attached hydrogens (tertiary/aromatic N) is 2. The van der Waals surface area contributed by atoms with Gasteiger partial charge in [-0.15, -0.1) is 24.0 Å². The summed E-state index contributed by atoms with van der Waals surface area (Å²) in [5, 5.41) is 6.57. The first-order chi connectivity index (χ1) is 11.3. The lowest BCUT2D eigenvalue weighted by Crippen LogP contribution is -2.37. The number of hydrogen-bond donors (Lipinski definition) is 2. The van der Waals surface area contributed by atoms with Gasteiger partial charge in [0.1, 0.15) is 0 Å². The van der Waals surface area contributed by atoms with Crippen molar-refractivity contribution in [2.45, 2.75) is 32.7 Å². The first kappa shape index (κ1) is 21.0. The molecule has 136 valence electrons. The Morgan fingerprint density at radius 3 is 2.92 bits per heavy atom. The van der Waals surface area contributed by atoms with Crippen LogP contribution in [0.3, 0.4) is 0 Å². The van der Waals surface area contributed by atoms with Crippen molar-refractivity contribution in [1.82, 2.24) is 15.6 Å². The van der Waals surface area contributed by atoms with E-state index in [2.05, 4.69) is 20.6 Å². The second kappa shape index (κ2) is 12.3. The van der Waals surface area contributed by atoms with Crippen molar-refractivity contribution < 1.29 is 9.47 Å². The first-order valence-electron chi connectivity index (χ1n) is 8.41. The first-order valence-corrected chi connectivity index (χ1v) is 8.41. The normalized spacial score (nSPS) is 14.0. The fraction of sp³-hybridized carbons (Fsp3) is 0.647. The Hall–Kier alpha value is -1.09. The molecule has 0 aliphatic heterocycles. The molecule has 0 atom stereocenters. The SMILES string of the molecule is CCOCCCNC(=NC)NCc1ccnc(OCC2CC2)c1.I. The van der Waals surface area contributed by atoms with Gasteiger partial charge >= 0.3 is 0 Å². The number of nitrogens with one attached hydrogen (secondary N) is 2. The second-order valence-corrected chi connectivity index (χ2v) is 5.66. The van der Waals surface area contributed by atoms with E-state index in [9.17, 15) is 0 Å². The molecule has 0 amide bonds. The highest BCUT2D eigenvalue weighted by atomic mass is 127. The number of rotatable bonds is 10. The molecule has 0 aromatic carbocycles. The van der Waals surface area contributed by atoms with Crippen LogP contribution in [-0.4, -0.2) is 44.4 Å². The monoisotopic (exact) mass is 448 g/mol. The Bertz CT molecular complexity index is 495. The summed E-state index contributed by atoms with van der Waals surface area (Å²) in [5.41, 5.74) is 1.13. The fourth-order valence-electron chi connectivity index (χ4n) is 2.06. The average molecular weight is 448 g/mol. The summed E-state index contributed by atoms with van der Waals surface area (Å²) in [5.74, 6) is 2.23. The minimum Gasteiger partial charge on any atom is -0.477 e. The molecule has 1 aromatic heterocycles. The molecule has 0 saturated heterocycles. The summed E-state index contributed by atoms with van der Waals surface area (Å²) in [4.78, 5) is 8.47. The maximum Gasteiger partial charge on any atom is 0.213 e. The molecule has 7 heteroatoms. The number of ether oxygens (including phenoxy) is 2. The quantitative estimate of drug-likeness (QED) is 0.249. The van der Waals surface area contributed by atoms with E-state index >= 15 is 0 Å². The van der Waals surface area contributed by atoms with Gasteiger partial charge in [-0.05, 0) is 43.7 Å². The van der Waals surface area contributed by atoms with Crippen molar-refractivity contribution in [3.05, 3.63) is 23.9 Å². The van der Waals surface area contributed by atoms with Crippen LogP contribution in [0.4, 0.5) is 0 Å². The third kappa shape index (κ3) is 8.68. The predicted molar refractivity (Wildman–Crippen MR) is 107 cm³/mol. The zero-order chi connectivity index (χ0) is 16.3. The zero-order valence-corrected chi connectivity index (χ0v) is 16.9. The summed E-state index contributed by atoms with van der Waals surface area (Å²) in [6, 6.07) is 3.97. The molecule has 1 fully saturated rings. The van der Waals surface area contributed by atoms with Gasteiger partial charge in [-0.3, -0.25) is 4.99 Å². The zero-order valence-electron chi connectivity index (χ0n) is 14.6. The lowest BCUT2D eigenvalue weighted by molar-refractivity contribution is 0.145. The number of aliphatic imine (C=N–C) groups is 1. The highest BCUT2D eigenvalue weighted by Crippen LogP contribution is 2.29. The van der Waals surface area contributed by atoms with E-state index in [-0.39, 0.29) is 24.0 Å². The number of hydrogen-bond acceptors (Lipinski definition) is 4. The van der Waals surface area contributed by atoms with Crippen LogP contribution in [0.15, 0.2) is 23.3 Å². The highest BCUT2D eigenvalue weighted by Gasteiger charge is 2.22. The van der Waals surface area contributed by atoms with Crippen LogP contribution in [0.25, 0.3) is 0 Å². The summed E-state index contributed by atoms with van der Waals surface area (Å²) in [7, 11) is 1.77. The third-order valence-electron chi connectivity index (χ3n) is 3.61. The molecule has 24 heavy (non-hydrogen) atoms. The van der Waals surface area contributed by atoms with Crippen molar-refractivity contribution in [2.24, 2.45) is 10.9 Å². The Morgan fingerprint density at radius 2 is 2.21 bits per heavy atom. The lowest BCUT2D eigenvalue weighted by atomic mass is 10.2. The van der Waals surface area contributed by atoms with Gasteiger partial charge in [0.25, 0.3) is 0 Å². The van der Waals surface area contributed by atoms with E-state index in [4.69, 9.17) is 9.47 Å². The fourth-order valence-corrected chi connectivity index (χ4v) is 2.06. The molecule has 0 spiro atoms. The van der Waals surface area contributed by atoms with Crippen molar-refractivity contribution >= 4 is 29.9 Å². The standard InChI is InChI=1S/C17H28N4O2.HI/c1-3-22-10-4-8-20-17(18-2)21-12-15-7-9-19-16(11-15)23-13-14-5-6-14;/h7,9,11,14H,3-6,8,10,12-13H2,1-2H3,(H2,18,20,21);1H. The number of halogens is 1. The van der Waals surface area contributed by atoms with Crippen LogP contribution in [0.1, 0.15) is 31.7 Å². The van der Waals surface area contributed by atoms with E-state index in [1.807, 2.05) is 19.1 Å². The van der Waals surface area contributed by atoms with Gasteiger partial charge < -0.3 is 20.1 Å². The van der Waals surface area contributed by atoms with Crippen LogP contribution >= 0.6 is 24.0 Å². The maximum atomic E-state index is 5.71. The van der Waals surface area contributed by atoms with Crippen LogP contribution in [0.5, 0.6) is 5.88 Å². The molecule has 0 radical (unpaired) electrons. The topological polar surface area (TPSA) is 67.8 Å². The van der Waals surface area contributed by atoms with Gasteiger partial charge in [-0.2, -0.15) is 0 Å². The second-order valence-electron chi connectivity index (χ2n) is 5.66. The number of guanidine groups is 1. The number of pyridine rings is 1. The van der Waals surface area contributed by atoms with Crippen molar-refractivity contribution in [3.8, 4) is 5.88 Å². The minimum atomic E-state index is 0. The highest BCUT2D eigenvalue weighted by molar-refractivity contribution is 14.0. The van der Waals surface area contributed by atoms with Gasteiger partial charge in [0, 0.05) is 45.6 Å². The maximum absolute atomic E-state index is 5.71. The van der Waals surface area contributed by atoms with Gasteiger partial charge in [0.05, 0.1) is 6.61 Å². The lowest BCUT2D eigenvalue weighted by Gasteiger charge is -2.12.